The van der Waals surface area contributed by atoms with Crippen molar-refractivity contribution in [3.63, 3.8) is 0 Å². The molecule has 0 aromatic rings. The first-order valence-electron chi connectivity index (χ1n) is 0.167. The summed E-state index contributed by atoms with van der Waals surface area (Å²) in [4.78, 5) is 0. The fraction of sp³-hybridized carbons (Fsp3) is 0. The van der Waals surface area contributed by atoms with Crippen molar-refractivity contribution in [1.82, 2.24) is 0 Å². The van der Waals surface area contributed by atoms with Gasteiger partial charge in [-0.1, -0.05) is 0 Å². The van der Waals surface area contributed by atoms with E-state index in [-0.39, 0.29) is 87.4 Å². The Hall–Kier alpha value is 3.12. The molecule has 4 heavy (non-hydrogen) atoms. The van der Waals surface area contributed by atoms with Gasteiger partial charge in [-0.05, 0) is 0 Å². The summed E-state index contributed by atoms with van der Waals surface area (Å²) in [6, 6.07) is 0. The first-order valence-corrected chi connectivity index (χ1v) is 0.986. The number of hydrogen-bond donors (Lipinski definition) is 0. The summed E-state index contributed by atoms with van der Waals surface area (Å²) in [5, 5.41) is 0. The molecule has 0 rings (SSSR count). The van der Waals surface area contributed by atoms with E-state index in [0.717, 1.165) is 0 Å². The second-order valence-corrected chi connectivity index (χ2v) is 0. The average Bonchev–Trinajstić information content (AvgIpc) is 1.00. The number of rotatable bonds is 0. The third-order valence-electron chi connectivity index (χ3n) is 0. The van der Waals surface area contributed by atoms with E-state index in [2.05, 4.69) is 0 Å². The molecule has 0 unspecified atom stereocenters. The van der Waals surface area contributed by atoms with Crippen LogP contribution in [0.1, 0.15) is 0 Å². The van der Waals surface area contributed by atoms with Crippen molar-refractivity contribution >= 4 is 68.9 Å². The van der Waals surface area contributed by atoms with Crippen molar-refractivity contribution < 1.29 is 41.7 Å². The van der Waals surface area contributed by atoms with Crippen molar-refractivity contribution in [2.75, 3.05) is 0 Å². The Labute approximate surface area is 107 Å². The van der Waals surface area contributed by atoms with E-state index in [1.807, 2.05) is 0 Å². The maximum Gasteiger partial charge on any atom is 0 e. The molecule has 18 valence electrons. The van der Waals surface area contributed by atoms with Crippen LogP contribution in [0.2, 0.25) is 0 Å². The van der Waals surface area contributed by atoms with E-state index < -0.39 is 0 Å². The van der Waals surface area contributed by atoms with Crippen molar-refractivity contribution in [2.24, 2.45) is 0 Å². The van der Waals surface area contributed by atoms with Gasteiger partial charge >= 0.3 is 23.2 Å². The summed E-state index contributed by atoms with van der Waals surface area (Å²) in [6.45, 7) is 0. The Balaban J connectivity index is -0.00000000500. The average molecular weight is 296 g/mol. The second-order valence-electron chi connectivity index (χ2n) is 0. The molecule has 0 atom stereocenters. The molecule has 2 radical (unpaired) electrons. The van der Waals surface area contributed by atoms with Gasteiger partial charge in [-0.3, -0.25) is 0 Å². The molecule has 0 aromatic heterocycles. The van der Waals surface area contributed by atoms with Gasteiger partial charge in [-0.25, -0.2) is 0 Å². The molecule has 0 saturated heterocycles. The van der Waals surface area contributed by atoms with Crippen LogP contribution in [0.4, 0.5) is 0 Å². The smallest absolute Gasteiger partial charge is 0 e. The van der Waals surface area contributed by atoms with Crippen LogP contribution in [0, 0.1) is 0 Å². The van der Waals surface area contributed by atoms with Crippen LogP contribution in [0.3, 0.4) is 0 Å². The zero-order valence-electron chi connectivity index (χ0n) is 2.26. The minimum Gasteiger partial charge on any atom is 0 e. The molecule has 1 nitrogen and oxygen atoms in total. The van der Waals surface area contributed by atoms with E-state index in [4.69, 9.17) is 3.40 Å². The molecule has 0 bridgehead atoms. The summed E-state index contributed by atoms with van der Waals surface area (Å²) < 4.78 is 8.26. The van der Waals surface area contributed by atoms with Crippen LogP contribution in [0.25, 0.3) is 0 Å². The summed E-state index contributed by atoms with van der Waals surface area (Å²) in [5.41, 5.74) is 0. The van der Waals surface area contributed by atoms with Crippen molar-refractivity contribution in [1.29, 1.82) is 0 Å². The zero-order valence-corrected chi connectivity index (χ0v) is 11.9. The van der Waals surface area contributed by atoms with Gasteiger partial charge in [0, 0.05) is 87.4 Å². The van der Waals surface area contributed by atoms with Gasteiger partial charge in [-0.2, -0.15) is 0 Å². The summed E-state index contributed by atoms with van der Waals surface area (Å²) >= 11 is 0.700. The van der Waals surface area contributed by atoms with Crippen LogP contribution in [-0.2, 0) is 41.7 Å². The van der Waals surface area contributed by atoms with E-state index >= 15 is 0 Å². The fourth-order valence-electron chi connectivity index (χ4n) is 0. The molecule has 0 spiro atoms. The molecule has 0 heterocycles. The Morgan fingerprint density at radius 1 is 1.25 bits per heavy atom. The van der Waals surface area contributed by atoms with E-state index in [1.54, 1.807) is 0 Å². The normalized spacial score (nSPS) is 1.00. The fourth-order valence-corrected chi connectivity index (χ4v) is 0. The summed E-state index contributed by atoms with van der Waals surface area (Å²) in [5.74, 6) is 0. The minimum absolute atomic E-state index is 0. The predicted octanol–water partition coefficient (Wildman–Crippen LogP) is -0.505. The first kappa shape index (κ1) is 15.7. The van der Waals surface area contributed by atoms with Crippen molar-refractivity contribution in [2.45, 2.75) is 0 Å². The Morgan fingerprint density at radius 3 is 1.25 bits per heavy atom. The van der Waals surface area contributed by atoms with Crippen LogP contribution < -0.4 is 0 Å². The molecule has 0 aliphatic heterocycles. The van der Waals surface area contributed by atoms with Crippen molar-refractivity contribution in [3.05, 3.63) is 0 Å². The Morgan fingerprint density at radius 2 is 1.25 bits per heavy atom. The van der Waals surface area contributed by atoms with Crippen LogP contribution in [-0.4, -0.2) is 68.9 Å². The Kier molecular flexibility index (Phi) is 64.7. The molecular weight excluding hydrogens is 296 g/mol. The maximum absolute atomic E-state index is 8.26. The van der Waals surface area contributed by atoms with Gasteiger partial charge in [0.1, 0.15) is 0 Å². The molecule has 0 aliphatic carbocycles. The largest absolute Gasteiger partial charge is 0 e. The second kappa shape index (κ2) is 16.5. The molecule has 0 saturated carbocycles. The quantitative estimate of drug-likeness (QED) is 0.551. The van der Waals surface area contributed by atoms with Gasteiger partial charge in [-0.15, -0.1) is 0 Å². The van der Waals surface area contributed by atoms with E-state index in [0.29, 0.717) is 19.8 Å². The monoisotopic (exact) mass is 298 g/mol. The zero-order chi connectivity index (χ0) is 2.00. The SMILES string of the molecule is [Cs].[O]=[Mo].[V]. The molecule has 0 N–H and O–H groups in total. The van der Waals surface area contributed by atoms with Crippen molar-refractivity contribution in [3.8, 4) is 0 Å². The number of hydrogen-bond acceptors (Lipinski definition) is 1. The predicted molar refractivity (Wildman–Crippen MR) is 6.44 cm³/mol. The topological polar surface area (TPSA) is 17.1 Å². The van der Waals surface area contributed by atoms with E-state index in [9.17, 15) is 0 Å². The van der Waals surface area contributed by atoms with Gasteiger partial charge in [0.2, 0.25) is 0 Å². The van der Waals surface area contributed by atoms with Crippen LogP contribution in [0.5, 0.6) is 0 Å². The molecular formula is CsMoOV. The molecule has 0 fully saturated rings. The molecule has 0 aromatic carbocycles. The third kappa shape index (κ3) is 8.93. The van der Waals surface area contributed by atoms with Gasteiger partial charge < -0.3 is 0 Å². The molecule has 0 amide bonds. The maximum atomic E-state index is 8.26. The standard InChI is InChI=1S/Cs.Mo.O.V. The summed E-state index contributed by atoms with van der Waals surface area (Å²) in [7, 11) is 0. The van der Waals surface area contributed by atoms with Gasteiger partial charge in [0.25, 0.3) is 0 Å². The van der Waals surface area contributed by atoms with Crippen LogP contribution >= 0.6 is 0 Å². The van der Waals surface area contributed by atoms with E-state index in [1.165, 1.54) is 0 Å². The van der Waals surface area contributed by atoms with Crippen LogP contribution in [0.15, 0.2) is 0 Å². The third-order valence-corrected chi connectivity index (χ3v) is 0. The summed E-state index contributed by atoms with van der Waals surface area (Å²) in [6.07, 6.45) is 0. The Bertz CT molecular complexity index is 8.00. The van der Waals surface area contributed by atoms with Gasteiger partial charge in [0.15, 0.2) is 0 Å². The minimum atomic E-state index is 0. The first-order chi connectivity index (χ1) is 1.00. The van der Waals surface area contributed by atoms with Gasteiger partial charge in [0.05, 0.1) is 0 Å². The molecule has 0 aliphatic rings. The molecule has 4 heteroatoms.